The van der Waals surface area contributed by atoms with E-state index in [0.717, 1.165) is 16.4 Å². The molecule has 6 heteroatoms. The average molecular weight is 329 g/mol. The minimum Gasteiger partial charge on any atom is -0.494 e. The van der Waals surface area contributed by atoms with Crippen LogP contribution in [0.5, 0.6) is 5.75 Å². The predicted octanol–water partition coefficient (Wildman–Crippen LogP) is 3.12. The Balaban J connectivity index is 1.41. The summed E-state index contributed by atoms with van der Waals surface area (Å²) in [5.41, 5.74) is 0.873. The van der Waals surface area contributed by atoms with Gasteiger partial charge < -0.3 is 10.1 Å². The molecule has 3 rings (SSSR count). The van der Waals surface area contributed by atoms with Crippen LogP contribution in [0.2, 0.25) is 0 Å². The van der Waals surface area contributed by atoms with Gasteiger partial charge in [0.15, 0.2) is 4.96 Å². The summed E-state index contributed by atoms with van der Waals surface area (Å²) in [5.74, 6) is 0.763. The summed E-state index contributed by atoms with van der Waals surface area (Å²) in [6.45, 7) is 2.89. The van der Waals surface area contributed by atoms with Gasteiger partial charge in [0.25, 0.3) is 0 Å². The molecule has 2 heterocycles. The first-order chi connectivity index (χ1) is 11.2. The molecule has 0 spiro atoms. The van der Waals surface area contributed by atoms with Crippen LogP contribution in [0.25, 0.3) is 4.96 Å². The van der Waals surface area contributed by atoms with Crippen molar-refractivity contribution in [1.82, 2.24) is 14.7 Å². The van der Waals surface area contributed by atoms with Crippen molar-refractivity contribution in [2.75, 3.05) is 6.61 Å². The third-order valence-corrected chi connectivity index (χ3v) is 4.37. The van der Waals surface area contributed by atoms with Gasteiger partial charge in [-0.2, -0.15) is 0 Å². The van der Waals surface area contributed by atoms with Crippen molar-refractivity contribution < 1.29 is 9.53 Å². The Kier molecular flexibility index (Phi) is 4.92. The molecule has 1 atom stereocenters. The van der Waals surface area contributed by atoms with Gasteiger partial charge in [0.05, 0.1) is 18.8 Å². The lowest BCUT2D eigenvalue weighted by Gasteiger charge is -2.12. The molecule has 23 heavy (non-hydrogen) atoms. The van der Waals surface area contributed by atoms with Crippen molar-refractivity contribution >= 4 is 22.2 Å². The van der Waals surface area contributed by atoms with E-state index in [9.17, 15) is 4.79 Å². The lowest BCUT2D eigenvalue weighted by Crippen LogP contribution is -2.29. The molecule has 2 aromatic heterocycles. The number of para-hydroxylation sites is 1. The van der Waals surface area contributed by atoms with Gasteiger partial charge in [-0.3, -0.25) is 9.20 Å². The molecule has 0 bridgehead atoms. The standard InChI is InChI=1S/C17H19N3O2S/c1-13(7-9-22-15-5-3-2-4-6-15)16(21)18-11-14-12-20-8-10-23-17(20)19-14/h2-6,8,10,12-13H,7,9,11H2,1H3,(H,18,21). The van der Waals surface area contributed by atoms with Crippen molar-refractivity contribution in [3.8, 4) is 5.75 Å². The molecule has 3 aromatic rings. The molecule has 0 fully saturated rings. The summed E-state index contributed by atoms with van der Waals surface area (Å²) < 4.78 is 7.59. The number of benzene rings is 1. The fraction of sp³-hybridized carbons (Fsp3) is 0.294. The van der Waals surface area contributed by atoms with E-state index in [1.807, 2.05) is 59.4 Å². The first-order valence-corrected chi connectivity index (χ1v) is 8.47. The zero-order valence-electron chi connectivity index (χ0n) is 12.9. The molecular weight excluding hydrogens is 310 g/mol. The van der Waals surface area contributed by atoms with Crippen molar-refractivity contribution in [2.24, 2.45) is 5.92 Å². The number of amides is 1. The lowest BCUT2D eigenvalue weighted by molar-refractivity contribution is -0.125. The SMILES string of the molecule is CC(CCOc1ccccc1)C(=O)NCc1cn2ccsc2n1. The van der Waals surface area contributed by atoms with E-state index in [1.165, 1.54) is 0 Å². The van der Waals surface area contributed by atoms with E-state index in [4.69, 9.17) is 4.74 Å². The predicted molar refractivity (Wildman–Crippen MR) is 90.6 cm³/mol. The van der Waals surface area contributed by atoms with Gasteiger partial charge in [-0.1, -0.05) is 25.1 Å². The van der Waals surface area contributed by atoms with Crippen molar-refractivity contribution in [1.29, 1.82) is 0 Å². The minimum atomic E-state index is -0.0950. The van der Waals surface area contributed by atoms with E-state index in [0.29, 0.717) is 19.6 Å². The van der Waals surface area contributed by atoms with Crippen LogP contribution in [0.3, 0.4) is 0 Å². The number of carbonyl (C=O) groups is 1. The van der Waals surface area contributed by atoms with E-state index in [2.05, 4.69) is 10.3 Å². The zero-order chi connectivity index (χ0) is 16.1. The molecule has 0 saturated heterocycles. The molecule has 1 aromatic carbocycles. The van der Waals surface area contributed by atoms with Crippen LogP contribution < -0.4 is 10.1 Å². The highest BCUT2D eigenvalue weighted by Crippen LogP contribution is 2.12. The Hall–Kier alpha value is -2.34. The highest BCUT2D eigenvalue weighted by atomic mass is 32.1. The van der Waals surface area contributed by atoms with Gasteiger partial charge in [-0.25, -0.2) is 4.98 Å². The third kappa shape index (κ3) is 4.10. The van der Waals surface area contributed by atoms with Gasteiger partial charge in [0.2, 0.25) is 5.91 Å². The molecule has 0 aliphatic carbocycles. The fourth-order valence-corrected chi connectivity index (χ4v) is 2.93. The van der Waals surface area contributed by atoms with E-state index < -0.39 is 0 Å². The summed E-state index contributed by atoms with van der Waals surface area (Å²) in [7, 11) is 0. The zero-order valence-corrected chi connectivity index (χ0v) is 13.8. The van der Waals surface area contributed by atoms with Crippen molar-refractivity contribution in [3.05, 3.63) is 53.8 Å². The summed E-state index contributed by atoms with van der Waals surface area (Å²) in [4.78, 5) is 17.5. The number of carbonyl (C=O) groups excluding carboxylic acids is 1. The smallest absolute Gasteiger partial charge is 0.223 e. The number of fused-ring (bicyclic) bond motifs is 1. The molecule has 1 unspecified atom stereocenters. The number of hydrogen-bond acceptors (Lipinski definition) is 4. The first kappa shape index (κ1) is 15.6. The first-order valence-electron chi connectivity index (χ1n) is 7.59. The Morgan fingerprint density at radius 3 is 3.00 bits per heavy atom. The van der Waals surface area contributed by atoms with Crippen LogP contribution in [0, 0.1) is 5.92 Å². The molecule has 5 nitrogen and oxygen atoms in total. The largest absolute Gasteiger partial charge is 0.494 e. The van der Waals surface area contributed by atoms with E-state index in [1.54, 1.807) is 11.3 Å². The molecule has 1 N–H and O–H groups in total. The maximum Gasteiger partial charge on any atom is 0.223 e. The molecular formula is C17H19N3O2S. The number of hydrogen-bond donors (Lipinski definition) is 1. The number of imidazole rings is 1. The summed E-state index contributed by atoms with van der Waals surface area (Å²) >= 11 is 1.58. The summed E-state index contributed by atoms with van der Waals surface area (Å²) in [6, 6.07) is 9.63. The number of rotatable bonds is 7. The number of nitrogens with one attached hydrogen (secondary N) is 1. The second kappa shape index (κ2) is 7.28. The molecule has 0 radical (unpaired) electrons. The number of ether oxygens (including phenoxy) is 1. The van der Waals surface area contributed by atoms with E-state index in [-0.39, 0.29) is 11.8 Å². The Labute approximate surface area is 138 Å². The molecule has 0 aliphatic rings. The number of nitrogens with zero attached hydrogens (tertiary/aromatic N) is 2. The third-order valence-electron chi connectivity index (χ3n) is 3.60. The highest BCUT2D eigenvalue weighted by Gasteiger charge is 2.13. The summed E-state index contributed by atoms with van der Waals surface area (Å²) in [5, 5.41) is 4.92. The quantitative estimate of drug-likeness (QED) is 0.724. The van der Waals surface area contributed by atoms with Crippen molar-refractivity contribution in [3.63, 3.8) is 0 Å². The van der Waals surface area contributed by atoms with Gasteiger partial charge in [0, 0.05) is 23.7 Å². The summed E-state index contributed by atoms with van der Waals surface area (Å²) in [6.07, 6.45) is 4.58. The van der Waals surface area contributed by atoms with Gasteiger partial charge in [-0.05, 0) is 18.6 Å². The van der Waals surface area contributed by atoms with Crippen LogP contribution in [-0.2, 0) is 11.3 Å². The molecule has 120 valence electrons. The van der Waals surface area contributed by atoms with Crippen LogP contribution in [0.4, 0.5) is 0 Å². The maximum atomic E-state index is 12.1. The second-order valence-electron chi connectivity index (χ2n) is 5.39. The normalized spacial score (nSPS) is 12.2. The molecule has 1 amide bonds. The van der Waals surface area contributed by atoms with Crippen molar-refractivity contribution in [2.45, 2.75) is 19.9 Å². The van der Waals surface area contributed by atoms with Gasteiger partial charge in [0.1, 0.15) is 5.75 Å². The molecule has 0 saturated carbocycles. The topological polar surface area (TPSA) is 55.6 Å². The maximum absolute atomic E-state index is 12.1. The van der Waals surface area contributed by atoms with Crippen LogP contribution in [0.1, 0.15) is 19.0 Å². The van der Waals surface area contributed by atoms with Crippen LogP contribution >= 0.6 is 11.3 Å². The number of aromatic nitrogens is 2. The van der Waals surface area contributed by atoms with Gasteiger partial charge >= 0.3 is 0 Å². The van der Waals surface area contributed by atoms with Gasteiger partial charge in [-0.15, -0.1) is 11.3 Å². The molecule has 0 aliphatic heterocycles. The Bertz CT molecular complexity index is 738. The highest BCUT2D eigenvalue weighted by molar-refractivity contribution is 7.15. The minimum absolute atomic E-state index is 0.0259. The fourth-order valence-electron chi connectivity index (χ4n) is 2.21. The van der Waals surface area contributed by atoms with Crippen LogP contribution in [0.15, 0.2) is 48.1 Å². The number of thiazole rings is 1. The Morgan fingerprint density at radius 1 is 1.39 bits per heavy atom. The monoisotopic (exact) mass is 329 g/mol. The second-order valence-corrected chi connectivity index (χ2v) is 6.27. The average Bonchev–Trinajstić information content (AvgIpc) is 3.15. The lowest BCUT2D eigenvalue weighted by atomic mass is 10.1. The Morgan fingerprint density at radius 2 is 2.22 bits per heavy atom. The van der Waals surface area contributed by atoms with Crippen LogP contribution in [-0.4, -0.2) is 21.9 Å². The van der Waals surface area contributed by atoms with E-state index >= 15 is 0 Å².